The van der Waals surface area contributed by atoms with Gasteiger partial charge in [0.1, 0.15) is 0 Å². The summed E-state index contributed by atoms with van der Waals surface area (Å²) in [5.41, 5.74) is 0.791. The van der Waals surface area contributed by atoms with Crippen molar-refractivity contribution >= 4 is 40.8 Å². The fraction of sp³-hybridized carbons (Fsp3) is 0.100. The van der Waals surface area contributed by atoms with Crippen LogP contribution in [-0.2, 0) is 4.79 Å². The fourth-order valence-electron chi connectivity index (χ4n) is 2.42. The van der Waals surface area contributed by atoms with Crippen molar-refractivity contribution in [3.8, 4) is 5.75 Å². The highest BCUT2D eigenvalue weighted by atomic mass is 35.5. The highest BCUT2D eigenvalue weighted by Crippen LogP contribution is 2.27. The first kappa shape index (κ1) is 18.2. The summed E-state index contributed by atoms with van der Waals surface area (Å²) in [5.74, 6) is -0.779. The maximum Gasteiger partial charge on any atom is 0.343 e. The van der Waals surface area contributed by atoms with Gasteiger partial charge in [0.2, 0.25) is 5.91 Å². The number of hydrogen-bond donors (Lipinski definition) is 1. The van der Waals surface area contributed by atoms with Crippen molar-refractivity contribution in [2.75, 3.05) is 5.32 Å². The molecule has 132 valence electrons. The van der Waals surface area contributed by atoms with Gasteiger partial charge in [0, 0.05) is 10.1 Å². The van der Waals surface area contributed by atoms with Crippen molar-refractivity contribution in [2.24, 2.45) is 5.92 Å². The number of rotatable bonds is 4. The van der Waals surface area contributed by atoms with Crippen molar-refractivity contribution in [3.05, 3.63) is 82.4 Å². The number of para-hydroxylation sites is 2. The van der Waals surface area contributed by atoms with Crippen molar-refractivity contribution in [2.45, 2.75) is 6.42 Å². The number of benzene rings is 2. The Morgan fingerprint density at radius 2 is 1.77 bits per heavy atom. The summed E-state index contributed by atoms with van der Waals surface area (Å²) in [4.78, 5) is 24.7. The van der Waals surface area contributed by atoms with Crippen LogP contribution in [0, 0.1) is 5.92 Å². The van der Waals surface area contributed by atoms with E-state index in [4.69, 9.17) is 27.9 Å². The van der Waals surface area contributed by atoms with Gasteiger partial charge in [0.25, 0.3) is 0 Å². The van der Waals surface area contributed by atoms with Gasteiger partial charge in [0.05, 0.1) is 17.2 Å². The second-order valence-electron chi connectivity index (χ2n) is 5.67. The Bertz CT molecular complexity index is 888. The highest BCUT2D eigenvalue weighted by molar-refractivity contribution is 6.31. The second-order valence-corrected chi connectivity index (χ2v) is 6.55. The predicted octanol–water partition coefficient (Wildman–Crippen LogP) is 5.20. The van der Waals surface area contributed by atoms with Crippen LogP contribution < -0.4 is 10.1 Å². The summed E-state index contributed by atoms with van der Waals surface area (Å²) in [6.07, 6.45) is 5.76. The van der Waals surface area contributed by atoms with E-state index in [-0.39, 0.29) is 17.6 Å². The molecule has 1 aliphatic rings. The van der Waals surface area contributed by atoms with Gasteiger partial charge in [-0.05, 0) is 48.9 Å². The molecule has 2 aromatic rings. The highest BCUT2D eigenvalue weighted by Gasteiger charge is 2.19. The summed E-state index contributed by atoms with van der Waals surface area (Å²) in [6, 6.07) is 13.2. The van der Waals surface area contributed by atoms with Crippen molar-refractivity contribution < 1.29 is 14.3 Å². The van der Waals surface area contributed by atoms with E-state index >= 15 is 0 Å². The van der Waals surface area contributed by atoms with Crippen LogP contribution in [0.15, 0.2) is 71.8 Å². The van der Waals surface area contributed by atoms with Crippen LogP contribution in [0.1, 0.15) is 16.8 Å². The van der Waals surface area contributed by atoms with Gasteiger partial charge in [-0.3, -0.25) is 4.79 Å². The van der Waals surface area contributed by atoms with Crippen molar-refractivity contribution in [3.63, 3.8) is 0 Å². The number of esters is 1. The average molecular weight is 388 g/mol. The molecule has 1 N–H and O–H groups in total. The third-order valence-electron chi connectivity index (χ3n) is 3.82. The first-order chi connectivity index (χ1) is 12.5. The molecule has 0 aliphatic heterocycles. The van der Waals surface area contributed by atoms with Crippen LogP contribution >= 0.6 is 23.2 Å². The van der Waals surface area contributed by atoms with Gasteiger partial charge in [-0.15, -0.1) is 0 Å². The zero-order valence-corrected chi connectivity index (χ0v) is 15.1. The summed E-state index contributed by atoms with van der Waals surface area (Å²) >= 11 is 11.7. The Morgan fingerprint density at radius 3 is 2.46 bits per heavy atom. The van der Waals surface area contributed by atoms with Crippen LogP contribution in [0.5, 0.6) is 5.75 Å². The Balaban J connectivity index is 1.72. The normalized spacial score (nSPS) is 15.9. The Hall–Kier alpha value is -2.56. The van der Waals surface area contributed by atoms with Gasteiger partial charge in [-0.25, -0.2) is 4.79 Å². The number of carbonyl (C=O) groups is 2. The Morgan fingerprint density at radius 1 is 1.04 bits per heavy atom. The number of ether oxygens (including phenoxy) is 1. The molecule has 1 unspecified atom stereocenters. The molecule has 1 amide bonds. The fourth-order valence-corrected chi connectivity index (χ4v) is 2.71. The molecule has 0 aromatic heterocycles. The van der Waals surface area contributed by atoms with E-state index in [1.54, 1.807) is 66.8 Å². The first-order valence-electron chi connectivity index (χ1n) is 7.94. The third kappa shape index (κ3) is 4.54. The molecule has 0 radical (unpaired) electrons. The molecule has 0 fully saturated rings. The lowest BCUT2D eigenvalue weighted by Crippen LogP contribution is -2.22. The quantitative estimate of drug-likeness (QED) is 0.579. The van der Waals surface area contributed by atoms with E-state index in [0.717, 1.165) is 0 Å². The number of hydrogen-bond acceptors (Lipinski definition) is 3. The van der Waals surface area contributed by atoms with Crippen LogP contribution in [0.2, 0.25) is 5.02 Å². The Labute approximate surface area is 161 Å². The zero-order chi connectivity index (χ0) is 18.5. The number of halogens is 2. The van der Waals surface area contributed by atoms with Crippen molar-refractivity contribution in [1.29, 1.82) is 0 Å². The molecule has 6 heteroatoms. The summed E-state index contributed by atoms with van der Waals surface area (Å²) in [5, 5.41) is 3.95. The van der Waals surface area contributed by atoms with Gasteiger partial charge in [-0.2, -0.15) is 0 Å². The molecule has 0 saturated carbocycles. The van der Waals surface area contributed by atoms with Gasteiger partial charge < -0.3 is 10.1 Å². The zero-order valence-electron chi connectivity index (χ0n) is 13.6. The standard InChI is InChI=1S/C20H15Cl2NO3/c21-15-9-5-13(6-10-15)19(24)23-17-3-1-2-4-18(17)26-20(25)14-7-11-16(22)12-8-14/h1-5,7-13H,6H2,(H,23,24). The van der Waals surface area contributed by atoms with Gasteiger partial charge in [-0.1, -0.05) is 47.5 Å². The van der Waals surface area contributed by atoms with E-state index < -0.39 is 5.97 Å². The third-order valence-corrected chi connectivity index (χ3v) is 4.35. The summed E-state index contributed by atoms with van der Waals surface area (Å²) in [7, 11) is 0. The molecule has 0 saturated heterocycles. The minimum absolute atomic E-state index is 0.198. The molecule has 2 aromatic carbocycles. The lowest BCUT2D eigenvalue weighted by molar-refractivity contribution is -0.118. The number of nitrogens with one attached hydrogen (secondary N) is 1. The van der Waals surface area contributed by atoms with Crippen LogP contribution in [-0.4, -0.2) is 11.9 Å². The average Bonchev–Trinajstić information content (AvgIpc) is 2.64. The number of anilines is 1. The molecule has 3 rings (SSSR count). The predicted molar refractivity (Wildman–Crippen MR) is 103 cm³/mol. The molecular weight excluding hydrogens is 373 g/mol. The molecule has 26 heavy (non-hydrogen) atoms. The molecule has 4 nitrogen and oxygen atoms in total. The summed E-state index contributed by atoms with van der Waals surface area (Å²) < 4.78 is 5.43. The van der Waals surface area contributed by atoms with E-state index in [2.05, 4.69) is 5.32 Å². The lowest BCUT2D eigenvalue weighted by atomic mass is 10.00. The second kappa shape index (κ2) is 8.21. The monoisotopic (exact) mass is 387 g/mol. The molecule has 0 heterocycles. The van der Waals surface area contributed by atoms with Crippen LogP contribution in [0.3, 0.4) is 0 Å². The molecule has 1 aliphatic carbocycles. The first-order valence-corrected chi connectivity index (χ1v) is 8.70. The van der Waals surface area contributed by atoms with Gasteiger partial charge in [0.15, 0.2) is 5.75 Å². The van der Waals surface area contributed by atoms with Crippen LogP contribution in [0.4, 0.5) is 5.69 Å². The largest absolute Gasteiger partial charge is 0.421 e. The molecular formula is C20H15Cl2NO3. The minimum atomic E-state index is -0.532. The number of amides is 1. The summed E-state index contributed by atoms with van der Waals surface area (Å²) in [6.45, 7) is 0. The maximum absolute atomic E-state index is 12.4. The minimum Gasteiger partial charge on any atom is -0.421 e. The van der Waals surface area contributed by atoms with E-state index in [1.165, 1.54) is 0 Å². The number of carbonyl (C=O) groups excluding carboxylic acids is 2. The molecule has 0 spiro atoms. The molecule has 0 bridgehead atoms. The van der Waals surface area contributed by atoms with E-state index in [0.29, 0.717) is 27.7 Å². The van der Waals surface area contributed by atoms with Crippen LogP contribution in [0.25, 0.3) is 0 Å². The number of allylic oxidation sites excluding steroid dienone is 3. The smallest absolute Gasteiger partial charge is 0.343 e. The SMILES string of the molecule is O=C(Oc1ccccc1NC(=O)C1C=CC(Cl)=CC1)c1ccc(Cl)cc1. The van der Waals surface area contributed by atoms with Gasteiger partial charge >= 0.3 is 5.97 Å². The van der Waals surface area contributed by atoms with E-state index in [9.17, 15) is 9.59 Å². The lowest BCUT2D eigenvalue weighted by Gasteiger charge is -2.16. The van der Waals surface area contributed by atoms with Crippen molar-refractivity contribution in [1.82, 2.24) is 0 Å². The molecule has 1 atom stereocenters. The topological polar surface area (TPSA) is 55.4 Å². The Kier molecular flexibility index (Phi) is 5.76. The maximum atomic E-state index is 12.4. The van der Waals surface area contributed by atoms with E-state index in [1.807, 2.05) is 0 Å².